The summed E-state index contributed by atoms with van der Waals surface area (Å²) in [5.41, 5.74) is 9.44. The zero-order chi connectivity index (χ0) is 14.8. The summed E-state index contributed by atoms with van der Waals surface area (Å²) >= 11 is 5.98. The van der Waals surface area contributed by atoms with E-state index in [4.69, 9.17) is 22.6 Å². The van der Waals surface area contributed by atoms with Crippen LogP contribution in [0, 0.1) is 11.3 Å². The quantitative estimate of drug-likeness (QED) is 0.698. The van der Waals surface area contributed by atoms with Crippen LogP contribution in [-0.4, -0.2) is 4.98 Å². The highest BCUT2D eigenvalue weighted by Gasteiger charge is 2.08. The van der Waals surface area contributed by atoms with Crippen molar-refractivity contribution in [3.63, 3.8) is 0 Å². The smallest absolute Gasteiger partial charge is 0.101 e. The van der Waals surface area contributed by atoms with Crippen molar-refractivity contribution in [1.82, 2.24) is 4.98 Å². The molecule has 3 N–H and O–H groups in total. The first-order valence-electron chi connectivity index (χ1n) is 6.29. The number of hydrogen-bond donors (Lipinski definition) is 2. The van der Waals surface area contributed by atoms with Gasteiger partial charge in [-0.15, -0.1) is 0 Å². The lowest BCUT2D eigenvalue weighted by Crippen LogP contribution is -1.99. The first-order chi connectivity index (χ1) is 10.2. The number of nitrogens with two attached hydrogens (primary N) is 1. The van der Waals surface area contributed by atoms with Gasteiger partial charge in [0.15, 0.2) is 0 Å². The summed E-state index contributed by atoms with van der Waals surface area (Å²) in [6.45, 7) is 0. The number of pyridine rings is 1. The first-order valence-corrected chi connectivity index (χ1v) is 6.67. The van der Waals surface area contributed by atoms with Gasteiger partial charge in [-0.1, -0.05) is 11.6 Å². The Morgan fingerprint density at radius 3 is 2.81 bits per heavy atom. The molecule has 3 aromatic rings. The van der Waals surface area contributed by atoms with Crippen LogP contribution in [0.4, 0.5) is 17.1 Å². The third-order valence-electron chi connectivity index (χ3n) is 3.20. The standard InChI is InChI=1S/C16H11ClN4/c17-11-4-3-10(9-18)15(8-11)21-14-6-5-13-12(16(14)19)2-1-7-20-13/h1-8,21H,19H2. The van der Waals surface area contributed by atoms with E-state index in [1.165, 1.54) is 0 Å². The Bertz CT molecular complexity index is 868. The summed E-state index contributed by atoms with van der Waals surface area (Å²) in [6.07, 6.45) is 1.72. The van der Waals surface area contributed by atoms with E-state index < -0.39 is 0 Å². The monoisotopic (exact) mass is 294 g/mol. The van der Waals surface area contributed by atoms with Crippen LogP contribution < -0.4 is 11.1 Å². The number of aromatic nitrogens is 1. The van der Waals surface area contributed by atoms with Gasteiger partial charge in [0.05, 0.1) is 28.1 Å². The van der Waals surface area contributed by atoms with Gasteiger partial charge < -0.3 is 11.1 Å². The zero-order valence-corrected chi connectivity index (χ0v) is 11.7. The van der Waals surface area contributed by atoms with Crippen LogP contribution in [0.1, 0.15) is 5.56 Å². The maximum Gasteiger partial charge on any atom is 0.101 e. The van der Waals surface area contributed by atoms with Gasteiger partial charge >= 0.3 is 0 Å². The van der Waals surface area contributed by atoms with E-state index in [1.807, 2.05) is 24.3 Å². The third kappa shape index (κ3) is 2.47. The fraction of sp³-hybridized carbons (Fsp3) is 0. The Hall–Kier alpha value is -2.77. The molecule has 0 aliphatic carbocycles. The molecule has 0 aliphatic heterocycles. The van der Waals surface area contributed by atoms with Crippen molar-refractivity contribution >= 4 is 39.6 Å². The number of benzene rings is 2. The lowest BCUT2D eigenvalue weighted by molar-refractivity contribution is 1.41. The first kappa shape index (κ1) is 13.2. The highest BCUT2D eigenvalue weighted by atomic mass is 35.5. The van der Waals surface area contributed by atoms with Gasteiger partial charge in [-0.05, 0) is 42.5 Å². The van der Waals surface area contributed by atoms with E-state index in [1.54, 1.807) is 24.4 Å². The Balaban J connectivity index is 2.09. The van der Waals surface area contributed by atoms with Crippen molar-refractivity contribution in [1.29, 1.82) is 5.26 Å². The molecule has 0 saturated carbocycles. The minimum Gasteiger partial charge on any atom is -0.396 e. The van der Waals surface area contributed by atoms with Crippen LogP contribution in [0.15, 0.2) is 48.7 Å². The fourth-order valence-corrected chi connectivity index (χ4v) is 2.32. The molecule has 1 aromatic heterocycles. The van der Waals surface area contributed by atoms with Gasteiger partial charge in [0.1, 0.15) is 6.07 Å². The van der Waals surface area contributed by atoms with E-state index in [0.29, 0.717) is 27.6 Å². The Labute approximate surface area is 126 Å². The molecule has 0 unspecified atom stereocenters. The summed E-state index contributed by atoms with van der Waals surface area (Å²) < 4.78 is 0. The van der Waals surface area contributed by atoms with Crippen LogP contribution in [0.25, 0.3) is 10.9 Å². The normalized spacial score (nSPS) is 10.3. The molecular formula is C16H11ClN4. The minimum absolute atomic E-state index is 0.505. The van der Waals surface area contributed by atoms with Gasteiger partial charge in [0, 0.05) is 16.6 Å². The van der Waals surface area contributed by atoms with Crippen molar-refractivity contribution < 1.29 is 0 Å². The average Bonchev–Trinajstić information content (AvgIpc) is 2.51. The minimum atomic E-state index is 0.505. The second kappa shape index (κ2) is 5.31. The maximum absolute atomic E-state index is 9.15. The van der Waals surface area contributed by atoms with E-state index in [-0.39, 0.29) is 0 Å². The molecular weight excluding hydrogens is 284 g/mol. The SMILES string of the molecule is N#Cc1ccc(Cl)cc1Nc1ccc2ncccc2c1N. The van der Waals surface area contributed by atoms with Gasteiger partial charge in [-0.3, -0.25) is 4.98 Å². The average molecular weight is 295 g/mol. The van der Waals surface area contributed by atoms with Crippen molar-refractivity contribution in [2.45, 2.75) is 0 Å². The molecule has 3 rings (SSSR count). The highest BCUT2D eigenvalue weighted by Crippen LogP contribution is 2.31. The highest BCUT2D eigenvalue weighted by molar-refractivity contribution is 6.31. The number of anilines is 3. The molecule has 0 bridgehead atoms. The molecule has 0 amide bonds. The Morgan fingerprint density at radius 1 is 1.14 bits per heavy atom. The van der Waals surface area contributed by atoms with Crippen LogP contribution in [0.3, 0.4) is 0 Å². The fourth-order valence-electron chi connectivity index (χ4n) is 2.15. The predicted octanol–water partition coefficient (Wildman–Crippen LogP) is 4.09. The molecule has 5 heteroatoms. The van der Waals surface area contributed by atoms with Crippen LogP contribution in [-0.2, 0) is 0 Å². The van der Waals surface area contributed by atoms with E-state index >= 15 is 0 Å². The predicted molar refractivity (Wildman–Crippen MR) is 85.6 cm³/mol. The molecule has 4 nitrogen and oxygen atoms in total. The number of nitriles is 1. The van der Waals surface area contributed by atoms with Crippen LogP contribution in [0.5, 0.6) is 0 Å². The van der Waals surface area contributed by atoms with Gasteiger partial charge in [0.2, 0.25) is 0 Å². The van der Waals surface area contributed by atoms with Crippen molar-refractivity contribution in [2.75, 3.05) is 11.1 Å². The molecule has 0 radical (unpaired) electrons. The maximum atomic E-state index is 9.15. The second-order valence-corrected chi connectivity index (χ2v) is 4.96. The second-order valence-electron chi connectivity index (χ2n) is 4.52. The molecule has 0 saturated heterocycles. The van der Waals surface area contributed by atoms with Gasteiger partial charge in [0.25, 0.3) is 0 Å². The van der Waals surface area contributed by atoms with Crippen LogP contribution >= 0.6 is 11.6 Å². The van der Waals surface area contributed by atoms with E-state index in [9.17, 15) is 0 Å². The number of nitrogens with one attached hydrogen (secondary N) is 1. The largest absolute Gasteiger partial charge is 0.396 e. The summed E-state index contributed by atoms with van der Waals surface area (Å²) in [5, 5.41) is 13.7. The number of rotatable bonds is 2. The molecule has 0 atom stereocenters. The van der Waals surface area contributed by atoms with Gasteiger partial charge in [-0.2, -0.15) is 5.26 Å². The zero-order valence-electron chi connectivity index (χ0n) is 11.0. The lowest BCUT2D eigenvalue weighted by Gasteiger charge is -2.12. The summed E-state index contributed by atoms with van der Waals surface area (Å²) in [5.74, 6) is 0. The number of nitrogen functional groups attached to an aromatic ring is 1. The van der Waals surface area contributed by atoms with Crippen molar-refractivity contribution in [3.05, 3.63) is 59.2 Å². The lowest BCUT2D eigenvalue weighted by atomic mass is 10.1. The molecule has 102 valence electrons. The Kier molecular flexibility index (Phi) is 3.35. The number of nitrogens with zero attached hydrogens (tertiary/aromatic N) is 2. The molecule has 2 aromatic carbocycles. The van der Waals surface area contributed by atoms with Crippen molar-refractivity contribution in [2.24, 2.45) is 0 Å². The molecule has 1 heterocycles. The third-order valence-corrected chi connectivity index (χ3v) is 3.43. The van der Waals surface area contributed by atoms with E-state index in [0.717, 1.165) is 10.9 Å². The number of halogens is 1. The topological polar surface area (TPSA) is 74.7 Å². The molecule has 21 heavy (non-hydrogen) atoms. The Morgan fingerprint density at radius 2 is 2.00 bits per heavy atom. The number of hydrogen-bond acceptors (Lipinski definition) is 4. The molecule has 0 spiro atoms. The molecule has 0 fully saturated rings. The summed E-state index contributed by atoms with van der Waals surface area (Å²) in [6, 6.07) is 14.6. The summed E-state index contributed by atoms with van der Waals surface area (Å²) in [7, 11) is 0. The van der Waals surface area contributed by atoms with Gasteiger partial charge in [-0.25, -0.2) is 0 Å². The van der Waals surface area contributed by atoms with Crippen molar-refractivity contribution in [3.8, 4) is 6.07 Å². The van der Waals surface area contributed by atoms with E-state index in [2.05, 4.69) is 16.4 Å². The van der Waals surface area contributed by atoms with Crippen LogP contribution in [0.2, 0.25) is 5.02 Å². The summed E-state index contributed by atoms with van der Waals surface area (Å²) in [4.78, 5) is 4.26. The molecule has 0 aliphatic rings. The number of fused-ring (bicyclic) bond motifs is 1.